The van der Waals surface area contributed by atoms with Crippen LogP contribution in [0.2, 0.25) is 0 Å². The lowest BCUT2D eigenvalue weighted by Gasteiger charge is -2.28. The highest BCUT2D eigenvalue weighted by Gasteiger charge is 2.25. The van der Waals surface area contributed by atoms with E-state index in [1.807, 2.05) is 12.1 Å². The first-order valence-electron chi connectivity index (χ1n) is 8.16. The number of hydrogen-bond donors (Lipinski definition) is 1. The minimum atomic E-state index is 0.257. The molecule has 2 aliphatic heterocycles. The number of hydrogen-bond acceptors (Lipinski definition) is 3. The number of anilines is 2. The summed E-state index contributed by atoms with van der Waals surface area (Å²) in [6.45, 7) is 3.22. The molecule has 0 aromatic heterocycles. The van der Waals surface area contributed by atoms with Crippen LogP contribution in [0.5, 0.6) is 0 Å². The third-order valence-corrected chi connectivity index (χ3v) is 4.65. The van der Waals surface area contributed by atoms with Crippen LogP contribution in [-0.4, -0.2) is 37.0 Å². The highest BCUT2D eigenvalue weighted by Crippen LogP contribution is 2.33. The molecule has 0 bridgehead atoms. The van der Waals surface area contributed by atoms with Crippen molar-refractivity contribution in [3.63, 3.8) is 0 Å². The zero-order valence-electron chi connectivity index (χ0n) is 12.7. The zero-order chi connectivity index (χ0) is 14.7. The molecule has 1 aromatic carbocycles. The SMILES string of the molecule is Nc1cccc2c1N(CC(=O)N1CCCCCCC1)CC2. The van der Waals surface area contributed by atoms with E-state index in [9.17, 15) is 4.79 Å². The Balaban J connectivity index is 1.66. The summed E-state index contributed by atoms with van der Waals surface area (Å²) >= 11 is 0. The predicted octanol–water partition coefficient (Wildman–Crippen LogP) is 2.42. The number of amides is 1. The normalized spacial score (nSPS) is 19.0. The molecule has 2 aliphatic rings. The molecule has 0 atom stereocenters. The molecule has 1 saturated heterocycles. The average Bonchev–Trinajstić information content (AvgIpc) is 2.83. The minimum absolute atomic E-state index is 0.257. The topological polar surface area (TPSA) is 49.6 Å². The third kappa shape index (κ3) is 3.14. The molecule has 2 heterocycles. The second kappa shape index (κ2) is 6.37. The van der Waals surface area contributed by atoms with Crippen LogP contribution in [-0.2, 0) is 11.2 Å². The van der Waals surface area contributed by atoms with Gasteiger partial charge in [-0.2, -0.15) is 0 Å². The van der Waals surface area contributed by atoms with Gasteiger partial charge in [-0.05, 0) is 30.9 Å². The number of rotatable bonds is 2. The van der Waals surface area contributed by atoms with Crippen LogP contribution in [0.3, 0.4) is 0 Å². The first-order chi connectivity index (χ1) is 10.3. The molecule has 0 radical (unpaired) electrons. The van der Waals surface area contributed by atoms with Crippen molar-refractivity contribution in [2.75, 3.05) is 36.8 Å². The van der Waals surface area contributed by atoms with Gasteiger partial charge in [0.15, 0.2) is 0 Å². The van der Waals surface area contributed by atoms with Gasteiger partial charge in [-0.3, -0.25) is 4.79 Å². The Kier molecular flexibility index (Phi) is 4.32. The van der Waals surface area contributed by atoms with E-state index in [0.29, 0.717) is 6.54 Å². The van der Waals surface area contributed by atoms with Gasteiger partial charge in [0, 0.05) is 19.6 Å². The fourth-order valence-electron chi connectivity index (χ4n) is 3.48. The molecule has 0 unspecified atom stereocenters. The lowest BCUT2D eigenvalue weighted by Crippen LogP contribution is -2.41. The number of carbonyl (C=O) groups excluding carboxylic acids is 1. The number of carbonyl (C=O) groups is 1. The van der Waals surface area contributed by atoms with Crippen molar-refractivity contribution in [3.05, 3.63) is 23.8 Å². The molecule has 1 aromatic rings. The molecule has 1 fully saturated rings. The predicted molar refractivity (Wildman–Crippen MR) is 86.4 cm³/mol. The van der Waals surface area contributed by atoms with Crippen molar-refractivity contribution in [2.24, 2.45) is 0 Å². The van der Waals surface area contributed by atoms with Crippen molar-refractivity contribution in [3.8, 4) is 0 Å². The summed E-state index contributed by atoms with van der Waals surface area (Å²) in [5, 5.41) is 0. The second-order valence-electron chi connectivity index (χ2n) is 6.18. The van der Waals surface area contributed by atoms with E-state index in [-0.39, 0.29) is 5.91 Å². The van der Waals surface area contributed by atoms with Gasteiger partial charge in [0.05, 0.1) is 17.9 Å². The summed E-state index contributed by atoms with van der Waals surface area (Å²) in [5.41, 5.74) is 9.25. The van der Waals surface area contributed by atoms with Crippen LogP contribution in [0.25, 0.3) is 0 Å². The molecule has 2 N–H and O–H groups in total. The maximum absolute atomic E-state index is 12.6. The maximum atomic E-state index is 12.6. The van der Waals surface area contributed by atoms with E-state index in [1.54, 1.807) is 0 Å². The number of nitrogen functional groups attached to an aromatic ring is 1. The minimum Gasteiger partial charge on any atom is -0.397 e. The third-order valence-electron chi connectivity index (χ3n) is 4.65. The quantitative estimate of drug-likeness (QED) is 0.850. The van der Waals surface area contributed by atoms with Crippen molar-refractivity contribution in [1.82, 2.24) is 4.90 Å². The van der Waals surface area contributed by atoms with Gasteiger partial charge in [-0.25, -0.2) is 0 Å². The fourth-order valence-corrected chi connectivity index (χ4v) is 3.48. The molecule has 0 saturated carbocycles. The lowest BCUT2D eigenvalue weighted by molar-refractivity contribution is -0.130. The summed E-state index contributed by atoms with van der Waals surface area (Å²) in [6.07, 6.45) is 7.10. The Morgan fingerprint density at radius 3 is 2.52 bits per heavy atom. The van der Waals surface area contributed by atoms with E-state index in [2.05, 4.69) is 15.9 Å². The zero-order valence-corrected chi connectivity index (χ0v) is 12.7. The van der Waals surface area contributed by atoms with Crippen LogP contribution in [0.1, 0.15) is 37.7 Å². The number of para-hydroxylation sites is 1. The first kappa shape index (κ1) is 14.2. The van der Waals surface area contributed by atoms with Gasteiger partial charge in [0.25, 0.3) is 0 Å². The van der Waals surface area contributed by atoms with Crippen molar-refractivity contribution in [2.45, 2.75) is 38.5 Å². The Morgan fingerprint density at radius 1 is 1.05 bits per heavy atom. The van der Waals surface area contributed by atoms with Gasteiger partial charge in [-0.15, -0.1) is 0 Å². The maximum Gasteiger partial charge on any atom is 0.242 e. The van der Waals surface area contributed by atoms with Gasteiger partial charge >= 0.3 is 0 Å². The summed E-state index contributed by atoms with van der Waals surface area (Å²) in [5.74, 6) is 0.257. The molecule has 0 aliphatic carbocycles. The molecule has 114 valence electrons. The second-order valence-corrected chi connectivity index (χ2v) is 6.18. The van der Waals surface area contributed by atoms with E-state index in [4.69, 9.17) is 5.73 Å². The number of nitrogens with two attached hydrogens (primary N) is 1. The van der Waals surface area contributed by atoms with Crippen molar-refractivity contribution >= 4 is 17.3 Å². The highest BCUT2D eigenvalue weighted by molar-refractivity contribution is 5.85. The Morgan fingerprint density at radius 2 is 1.76 bits per heavy atom. The molecular formula is C17H25N3O. The summed E-state index contributed by atoms with van der Waals surface area (Å²) < 4.78 is 0. The Bertz CT molecular complexity index is 507. The van der Waals surface area contributed by atoms with E-state index >= 15 is 0 Å². The number of nitrogens with zero attached hydrogens (tertiary/aromatic N) is 2. The molecule has 0 spiro atoms. The van der Waals surface area contributed by atoms with Crippen LogP contribution in [0.15, 0.2) is 18.2 Å². The van der Waals surface area contributed by atoms with Crippen molar-refractivity contribution in [1.29, 1.82) is 0 Å². The first-order valence-corrected chi connectivity index (χ1v) is 8.16. The van der Waals surface area contributed by atoms with Crippen LogP contribution < -0.4 is 10.6 Å². The van der Waals surface area contributed by atoms with Crippen LogP contribution >= 0.6 is 0 Å². The fraction of sp³-hybridized carbons (Fsp3) is 0.588. The van der Waals surface area contributed by atoms with Crippen molar-refractivity contribution < 1.29 is 4.79 Å². The number of benzene rings is 1. The van der Waals surface area contributed by atoms with Crippen LogP contribution in [0.4, 0.5) is 11.4 Å². The van der Waals surface area contributed by atoms with E-state index in [0.717, 1.165) is 50.3 Å². The Hall–Kier alpha value is -1.71. The largest absolute Gasteiger partial charge is 0.397 e. The lowest BCUT2D eigenvalue weighted by atomic mass is 10.1. The molecular weight excluding hydrogens is 262 g/mol. The molecule has 4 heteroatoms. The van der Waals surface area contributed by atoms with Gasteiger partial charge in [0.2, 0.25) is 5.91 Å². The number of likely N-dealkylation sites (tertiary alicyclic amines) is 1. The van der Waals surface area contributed by atoms with E-state index in [1.165, 1.54) is 24.8 Å². The monoisotopic (exact) mass is 287 g/mol. The van der Waals surface area contributed by atoms with E-state index < -0.39 is 0 Å². The van der Waals surface area contributed by atoms with Crippen LogP contribution in [0, 0.1) is 0 Å². The van der Waals surface area contributed by atoms with Gasteiger partial charge < -0.3 is 15.5 Å². The molecule has 1 amide bonds. The standard InChI is InChI=1S/C17H25N3O/c18-15-8-6-7-14-9-12-20(17(14)15)13-16(21)19-10-4-2-1-3-5-11-19/h6-8H,1-5,9-13,18H2. The summed E-state index contributed by atoms with van der Waals surface area (Å²) in [4.78, 5) is 16.8. The smallest absolute Gasteiger partial charge is 0.242 e. The highest BCUT2D eigenvalue weighted by atomic mass is 16.2. The Labute approximate surface area is 126 Å². The van der Waals surface area contributed by atoms with Gasteiger partial charge in [0.1, 0.15) is 0 Å². The molecule has 4 nitrogen and oxygen atoms in total. The average molecular weight is 287 g/mol. The summed E-state index contributed by atoms with van der Waals surface area (Å²) in [7, 11) is 0. The van der Waals surface area contributed by atoms with Gasteiger partial charge in [-0.1, -0.05) is 31.4 Å². The molecule has 3 rings (SSSR count). The number of fused-ring (bicyclic) bond motifs is 1. The molecule has 21 heavy (non-hydrogen) atoms. The summed E-state index contributed by atoms with van der Waals surface area (Å²) in [6, 6.07) is 6.04.